The molecule has 0 aromatic heterocycles. The second-order valence-corrected chi connectivity index (χ2v) is 7.75. The fourth-order valence-corrected chi connectivity index (χ4v) is 3.21. The molecule has 7 heteroatoms. The maximum absolute atomic E-state index is 12.2. The summed E-state index contributed by atoms with van der Waals surface area (Å²) in [4.78, 5) is 12.2. The second-order valence-electron chi connectivity index (χ2n) is 6.90. The first-order chi connectivity index (χ1) is 14.4. The van der Waals surface area contributed by atoms with Gasteiger partial charge in [0.1, 0.15) is 11.5 Å². The van der Waals surface area contributed by atoms with Crippen molar-refractivity contribution >= 4 is 29.2 Å². The monoisotopic (exact) mass is 454 g/mol. The van der Waals surface area contributed by atoms with Crippen molar-refractivity contribution in [3.05, 3.63) is 58.1 Å². The van der Waals surface area contributed by atoms with E-state index in [1.165, 1.54) is 0 Å². The number of ether oxygens (including phenoxy) is 4. The van der Waals surface area contributed by atoms with Crippen molar-refractivity contribution < 1.29 is 23.7 Å². The van der Waals surface area contributed by atoms with Crippen molar-refractivity contribution in [2.45, 2.75) is 45.8 Å². The van der Waals surface area contributed by atoms with Gasteiger partial charge in [-0.25, -0.2) is 4.79 Å². The van der Waals surface area contributed by atoms with E-state index >= 15 is 0 Å². The molecule has 2 rings (SSSR count). The molecule has 0 saturated carbocycles. The minimum Gasteiger partial charge on any atom is -0.493 e. The van der Waals surface area contributed by atoms with Gasteiger partial charge in [-0.15, -0.1) is 0 Å². The van der Waals surface area contributed by atoms with E-state index in [4.69, 9.17) is 42.1 Å². The predicted molar refractivity (Wildman–Crippen MR) is 119 cm³/mol. The van der Waals surface area contributed by atoms with Crippen LogP contribution in [0.15, 0.2) is 42.5 Å². The summed E-state index contributed by atoms with van der Waals surface area (Å²) in [6, 6.07) is 12.7. The van der Waals surface area contributed by atoms with E-state index in [1.54, 1.807) is 25.1 Å². The van der Waals surface area contributed by atoms with Gasteiger partial charge in [-0.2, -0.15) is 0 Å². The Balaban J connectivity index is 1.83. The zero-order chi connectivity index (χ0) is 21.9. The van der Waals surface area contributed by atoms with Gasteiger partial charge in [-0.3, -0.25) is 0 Å². The van der Waals surface area contributed by atoms with Crippen LogP contribution >= 0.6 is 23.2 Å². The number of esters is 1. The highest BCUT2D eigenvalue weighted by Gasteiger charge is 2.22. The minimum atomic E-state index is -0.641. The molecule has 2 aromatic rings. The molecule has 164 valence electrons. The summed E-state index contributed by atoms with van der Waals surface area (Å²) in [5.41, 5.74) is 0.940. The van der Waals surface area contributed by atoms with Gasteiger partial charge in [-0.1, -0.05) is 35.3 Å². The van der Waals surface area contributed by atoms with Crippen LogP contribution in [-0.4, -0.2) is 38.0 Å². The summed E-state index contributed by atoms with van der Waals surface area (Å²) in [7, 11) is 0. The Bertz CT molecular complexity index is 810. The first-order valence-electron chi connectivity index (χ1n) is 10.0. The van der Waals surface area contributed by atoms with Gasteiger partial charge in [0.05, 0.1) is 30.9 Å². The Labute approximate surface area is 188 Å². The molecular formula is C23H28Cl2O5. The number of hydrogen-bond donors (Lipinski definition) is 0. The lowest BCUT2D eigenvalue weighted by Crippen LogP contribution is -2.31. The molecule has 0 N–H and O–H groups in total. The van der Waals surface area contributed by atoms with E-state index in [2.05, 4.69) is 0 Å². The summed E-state index contributed by atoms with van der Waals surface area (Å²) >= 11 is 12.0. The van der Waals surface area contributed by atoms with Crippen LogP contribution in [0.25, 0.3) is 0 Å². The van der Waals surface area contributed by atoms with Crippen molar-refractivity contribution in [1.29, 1.82) is 0 Å². The molecule has 30 heavy (non-hydrogen) atoms. The molecule has 0 aliphatic heterocycles. The van der Waals surface area contributed by atoms with E-state index in [0.29, 0.717) is 48.5 Å². The highest BCUT2D eigenvalue weighted by molar-refractivity contribution is 6.35. The molecule has 0 aliphatic rings. The Kier molecular flexibility index (Phi) is 10.3. The molecule has 0 fully saturated rings. The van der Waals surface area contributed by atoms with Gasteiger partial charge in [0.15, 0.2) is 6.10 Å². The number of carbonyl (C=O) groups is 1. The normalized spacial score (nSPS) is 11.9. The highest BCUT2D eigenvalue weighted by Crippen LogP contribution is 2.27. The third-order valence-corrected chi connectivity index (χ3v) is 4.54. The summed E-state index contributed by atoms with van der Waals surface area (Å²) in [6.45, 7) is 6.84. The quantitative estimate of drug-likeness (QED) is 0.302. The molecule has 0 aliphatic carbocycles. The molecular weight excluding hydrogens is 427 g/mol. The van der Waals surface area contributed by atoms with Crippen LogP contribution in [0.2, 0.25) is 10.0 Å². The summed E-state index contributed by atoms with van der Waals surface area (Å²) < 4.78 is 22.3. The van der Waals surface area contributed by atoms with Gasteiger partial charge in [0.2, 0.25) is 0 Å². The molecule has 1 atom stereocenters. The van der Waals surface area contributed by atoms with Crippen LogP contribution < -0.4 is 9.47 Å². The van der Waals surface area contributed by atoms with Gasteiger partial charge in [0, 0.05) is 17.9 Å². The molecule has 5 nitrogen and oxygen atoms in total. The molecule has 0 heterocycles. The largest absolute Gasteiger partial charge is 0.493 e. The zero-order valence-corrected chi connectivity index (χ0v) is 19.0. The van der Waals surface area contributed by atoms with E-state index in [9.17, 15) is 4.79 Å². The molecule has 0 amide bonds. The van der Waals surface area contributed by atoms with Gasteiger partial charge in [-0.05, 0) is 56.7 Å². The predicted octanol–water partition coefficient (Wildman–Crippen LogP) is 5.74. The number of benzene rings is 2. The number of rotatable bonds is 12. The standard InChI is InChI=1S/C23H28Cl2O5/c1-4-27-23(26)22(30-16(2)3)14-17-7-5-8-19(13-17)28-11-6-12-29-21-10-9-18(24)15-20(21)25/h5,7-10,13,15-16,22H,4,6,11-12,14H2,1-3H3/t22-/m0/s1. The highest BCUT2D eigenvalue weighted by atomic mass is 35.5. The first-order valence-corrected chi connectivity index (χ1v) is 10.8. The van der Waals surface area contributed by atoms with Crippen LogP contribution in [-0.2, 0) is 20.7 Å². The molecule has 0 saturated heterocycles. The second kappa shape index (κ2) is 12.7. The summed E-state index contributed by atoms with van der Waals surface area (Å²) in [5, 5.41) is 1.05. The summed E-state index contributed by atoms with van der Waals surface area (Å²) in [5.74, 6) is 0.970. The number of halogens is 2. The van der Waals surface area contributed by atoms with E-state index in [1.807, 2.05) is 38.1 Å². The molecule has 0 radical (unpaired) electrons. The third kappa shape index (κ3) is 8.42. The maximum atomic E-state index is 12.2. The van der Waals surface area contributed by atoms with Crippen molar-refractivity contribution in [2.24, 2.45) is 0 Å². The van der Waals surface area contributed by atoms with Crippen LogP contribution in [0.1, 0.15) is 32.8 Å². The summed E-state index contributed by atoms with van der Waals surface area (Å²) in [6.07, 6.45) is 0.392. The SMILES string of the molecule is CCOC(=O)[C@H](Cc1cccc(OCCCOc2ccc(Cl)cc2Cl)c1)OC(C)C. The third-order valence-electron chi connectivity index (χ3n) is 4.01. The van der Waals surface area contributed by atoms with Crippen LogP contribution in [0.4, 0.5) is 0 Å². The molecule has 0 bridgehead atoms. The van der Waals surface area contributed by atoms with Crippen molar-refractivity contribution in [2.75, 3.05) is 19.8 Å². The average molecular weight is 455 g/mol. The van der Waals surface area contributed by atoms with Crippen LogP contribution in [0, 0.1) is 0 Å². The molecule has 0 unspecified atom stereocenters. The van der Waals surface area contributed by atoms with Crippen molar-refractivity contribution in [3.8, 4) is 11.5 Å². The topological polar surface area (TPSA) is 54.0 Å². The van der Waals surface area contributed by atoms with Crippen LogP contribution in [0.3, 0.4) is 0 Å². The average Bonchev–Trinajstić information content (AvgIpc) is 2.69. The van der Waals surface area contributed by atoms with E-state index in [0.717, 1.165) is 11.3 Å². The lowest BCUT2D eigenvalue weighted by molar-refractivity contribution is -0.159. The van der Waals surface area contributed by atoms with Crippen molar-refractivity contribution in [3.63, 3.8) is 0 Å². The minimum absolute atomic E-state index is 0.0759. The van der Waals surface area contributed by atoms with Gasteiger partial charge >= 0.3 is 5.97 Å². The Morgan fingerprint density at radius 3 is 2.50 bits per heavy atom. The maximum Gasteiger partial charge on any atom is 0.335 e. The molecule has 2 aromatic carbocycles. The Morgan fingerprint density at radius 1 is 1.03 bits per heavy atom. The lowest BCUT2D eigenvalue weighted by atomic mass is 10.1. The van der Waals surface area contributed by atoms with Crippen molar-refractivity contribution in [1.82, 2.24) is 0 Å². The van der Waals surface area contributed by atoms with E-state index < -0.39 is 6.10 Å². The number of hydrogen-bond acceptors (Lipinski definition) is 5. The first kappa shape index (κ1) is 24.3. The fraction of sp³-hybridized carbons (Fsp3) is 0.435. The Morgan fingerprint density at radius 2 is 1.80 bits per heavy atom. The molecule has 0 spiro atoms. The van der Waals surface area contributed by atoms with Crippen LogP contribution in [0.5, 0.6) is 11.5 Å². The number of carbonyl (C=O) groups excluding carboxylic acids is 1. The lowest BCUT2D eigenvalue weighted by Gasteiger charge is -2.19. The Hall–Kier alpha value is -1.95. The zero-order valence-electron chi connectivity index (χ0n) is 17.5. The fourth-order valence-electron chi connectivity index (χ4n) is 2.75. The smallest absolute Gasteiger partial charge is 0.335 e. The van der Waals surface area contributed by atoms with E-state index in [-0.39, 0.29) is 12.1 Å². The van der Waals surface area contributed by atoms with Gasteiger partial charge < -0.3 is 18.9 Å². The van der Waals surface area contributed by atoms with Gasteiger partial charge in [0.25, 0.3) is 0 Å².